The third-order valence-corrected chi connectivity index (χ3v) is 2.79. The van der Waals surface area contributed by atoms with Gasteiger partial charge in [-0.3, -0.25) is 0 Å². The standard InChI is InChI=1S/C6H6BrNO3S/c7-5-3-4(12(8,10)11)1-2-6(5)9/h1-3,9H,(H2,8,10,11). The van der Waals surface area contributed by atoms with Crippen LogP contribution in [0.5, 0.6) is 5.75 Å². The van der Waals surface area contributed by atoms with Crippen molar-refractivity contribution in [2.75, 3.05) is 0 Å². The normalized spacial score (nSPS) is 11.5. The van der Waals surface area contributed by atoms with E-state index in [1.807, 2.05) is 0 Å². The lowest BCUT2D eigenvalue weighted by Gasteiger charge is -1.99. The van der Waals surface area contributed by atoms with Gasteiger partial charge in [0.2, 0.25) is 10.0 Å². The number of phenols is 1. The van der Waals surface area contributed by atoms with Crippen molar-refractivity contribution in [3.63, 3.8) is 0 Å². The first-order valence-corrected chi connectivity index (χ1v) is 5.26. The van der Waals surface area contributed by atoms with Crippen molar-refractivity contribution in [2.45, 2.75) is 4.90 Å². The van der Waals surface area contributed by atoms with Gasteiger partial charge in [-0.1, -0.05) is 0 Å². The molecule has 0 aliphatic heterocycles. The Bertz CT molecular complexity index is 401. The molecule has 6 heteroatoms. The number of benzene rings is 1. The number of nitrogens with two attached hydrogens (primary N) is 1. The lowest BCUT2D eigenvalue weighted by Crippen LogP contribution is -2.11. The summed E-state index contributed by atoms with van der Waals surface area (Å²) in [6.45, 7) is 0. The number of sulfonamides is 1. The Labute approximate surface area is 78.2 Å². The summed E-state index contributed by atoms with van der Waals surface area (Å²) < 4.78 is 21.8. The van der Waals surface area contributed by atoms with Crippen LogP contribution in [0, 0.1) is 0 Å². The fraction of sp³-hybridized carbons (Fsp3) is 0. The average Bonchev–Trinajstić information content (AvgIpc) is 1.92. The Morgan fingerprint density at radius 1 is 1.42 bits per heavy atom. The van der Waals surface area contributed by atoms with E-state index in [0.717, 1.165) is 0 Å². The number of primary sulfonamides is 1. The summed E-state index contributed by atoms with van der Waals surface area (Å²) in [7, 11) is -3.68. The van der Waals surface area contributed by atoms with Crippen LogP contribution in [-0.4, -0.2) is 13.5 Å². The van der Waals surface area contributed by atoms with Crippen LogP contribution < -0.4 is 5.14 Å². The van der Waals surface area contributed by atoms with Gasteiger partial charge in [-0.25, -0.2) is 13.6 Å². The second kappa shape index (κ2) is 3.04. The third kappa shape index (κ3) is 1.96. The molecule has 0 atom stereocenters. The van der Waals surface area contributed by atoms with Crippen molar-refractivity contribution >= 4 is 26.0 Å². The summed E-state index contributed by atoms with van der Waals surface area (Å²) in [5, 5.41) is 13.9. The highest BCUT2D eigenvalue weighted by atomic mass is 79.9. The van der Waals surface area contributed by atoms with E-state index in [4.69, 9.17) is 10.2 Å². The molecular weight excluding hydrogens is 246 g/mol. The quantitative estimate of drug-likeness (QED) is 0.775. The lowest BCUT2D eigenvalue weighted by molar-refractivity contribution is 0.471. The molecule has 0 heterocycles. The number of phenolic OH excluding ortho intramolecular Hbond substituents is 1. The maximum absolute atomic E-state index is 10.8. The minimum absolute atomic E-state index is 0.0256. The van der Waals surface area contributed by atoms with Gasteiger partial charge in [0.15, 0.2) is 0 Å². The van der Waals surface area contributed by atoms with Gasteiger partial charge in [-0.15, -0.1) is 0 Å². The Hall–Kier alpha value is -0.590. The molecule has 1 aromatic carbocycles. The zero-order valence-corrected chi connectivity index (χ0v) is 8.26. The molecule has 1 aromatic rings. The number of rotatable bonds is 1. The molecule has 0 radical (unpaired) electrons. The van der Waals surface area contributed by atoms with Crippen LogP contribution in [0.15, 0.2) is 27.6 Å². The van der Waals surface area contributed by atoms with Crippen molar-refractivity contribution in [1.82, 2.24) is 0 Å². The average molecular weight is 252 g/mol. The van der Waals surface area contributed by atoms with Crippen LogP contribution in [0.3, 0.4) is 0 Å². The van der Waals surface area contributed by atoms with Crippen LogP contribution >= 0.6 is 15.9 Å². The van der Waals surface area contributed by atoms with Gasteiger partial charge < -0.3 is 5.11 Å². The highest BCUT2D eigenvalue weighted by molar-refractivity contribution is 9.10. The first-order chi connectivity index (χ1) is 5.41. The maximum atomic E-state index is 10.8. The Morgan fingerprint density at radius 2 is 2.00 bits per heavy atom. The molecule has 0 aliphatic rings. The first-order valence-electron chi connectivity index (χ1n) is 2.92. The zero-order valence-electron chi connectivity index (χ0n) is 5.86. The number of halogens is 1. The molecule has 0 aromatic heterocycles. The highest BCUT2D eigenvalue weighted by Crippen LogP contribution is 2.25. The molecule has 0 saturated carbocycles. The Balaban J connectivity index is 3.33. The number of hydrogen-bond donors (Lipinski definition) is 2. The smallest absolute Gasteiger partial charge is 0.238 e. The van der Waals surface area contributed by atoms with Gasteiger partial charge in [0.25, 0.3) is 0 Å². The lowest BCUT2D eigenvalue weighted by atomic mass is 10.3. The van der Waals surface area contributed by atoms with Gasteiger partial charge >= 0.3 is 0 Å². The van der Waals surface area contributed by atoms with Gasteiger partial charge in [0, 0.05) is 0 Å². The van der Waals surface area contributed by atoms with E-state index in [1.54, 1.807) is 0 Å². The molecule has 12 heavy (non-hydrogen) atoms. The second-order valence-electron chi connectivity index (χ2n) is 2.16. The van der Waals surface area contributed by atoms with Crippen LogP contribution in [0.4, 0.5) is 0 Å². The second-order valence-corrected chi connectivity index (χ2v) is 4.57. The highest BCUT2D eigenvalue weighted by Gasteiger charge is 2.09. The molecule has 0 bridgehead atoms. The van der Waals surface area contributed by atoms with Gasteiger partial charge in [-0.05, 0) is 34.1 Å². The number of aromatic hydroxyl groups is 1. The van der Waals surface area contributed by atoms with Crippen LogP contribution in [0.2, 0.25) is 0 Å². The summed E-state index contributed by atoms with van der Waals surface area (Å²) in [5.74, 6) is -0.0256. The molecule has 0 fully saturated rings. The molecule has 0 aliphatic carbocycles. The molecule has 1 rings (SSSR count). The van der Waals surface area contributed by atoms with Crippen LogP contribution in [0.25, 0.3) is 0 Å². The molecule has 0 unspecified atom stereocenters. The topological polar surface area (TPSA) is 80.4 Å². The third-order valence-electron chi connectivity index (χ3n) is 1.25. The van der Waals surface area contributed by atoms with Gasteiger partial charge in [0.05, 0.1) is 9.37 Å². The van der Waals surface area contributed by atoms with Gasteiger partial charge in [-0.2, -0.15) is 0 Å². The fourth-order valence-corrected chi connectivity index (χ4v) is 1.73. The van der Waals surface area contributed by atoms with Crippen molar-refractivity contribution in [3.05, 3.63) is 22.7 Å². The van der Waals surface area contributed by atoms with Gasteiger partial charge in [0.1, 0.15) is 5.75 Å². The maximum Gasteiger partial charge on any atom is 0.238 e. The summed E-state index contributed by atoms with van der Waals surface area (Å²) in [6.07, 6.45) is 0. The summed E-state index contributed by atoms with van der Waals surface area (Å²) in [5.41, 5.74) is 0. The first kappa shape index (κ1) is 9.50. The van der Waals surface area contributed by atoms with Crippen molar-refractivity contribution in [1.29, 1.82) is 0 Å². The summed E-state index contributed by atoms with van der Waals surface area (Å²) in [6, 6.07) is 3.73. The van der Waals surface area contributed by atoms with Crippen molar-refractivity contribution in [2.24, 2.45) is 5.14 Å². The molecule has 4 nitrogen and oxygen atoms in total. The Kier molecular flexibility index (Phi) is 2.41. The molecule has 0 saturated heterocycles. The minimum Gasteiger partial charge on any atom is -0.507 e. The fourth-order valence-electron chi connectivity index (χ4n) is 0.665. The van der Waals surface area contributed by atoms with E-state index in [-0.39, 0.29) is 10.6 Å². The van der Waals surface area contributed by atoms with E-state index in [0.29, 0.717) is 4.47 Å². The largest absolute Gasteiger partial charge is 0.507 e. The SMILES string of the molecule is NS(=O)(=O)c1ccc(O)c(Br)c1. The minimum atomic E-state index is -3.68. The molecule has 66 valence electrons. The van der Waals surface area contributed by atoms with E-state index >= 15 is 0 Å². The van der Waals surface area contributed by atoms with E-state index in [1.165, 1.54) is 18.2 Å². The monoisotopic (exact) mass is 251 g/mol. The van der Waals surface area contributed by atoms with E-state index in [9.17, 15) is 8.42 Å². The van der Waals surface area contributed by atoms with Crippen molar-refractivity contribution in [3.8, 4) is 5.75 Å². The zero-order chi connectivity index (χ0) is 9.35. The molecule has 0 amide bonds. The number of hydrogen-bond acceptors (Lipinski definition) is 3. The predicted molar refractivity (Wildman–Crippen MR) is 47.2 cm³/mol. The summed E-state index contributed by atoms with van der Waals surface area (Å²) >= 11 is 2.97. The molecular formula is C6H6BrNO3S. The van der Waals surface area contributed by atoms with Crippen molar-refractivity contribution < 1.29 is 13.5 Å². The Morgan fingerprint density at radius 3 is 2.42 bits per heavy atom. The van der Waals surface area contributed by atoms with Crippen LogP contribution in [0.1, 0.15) is 0 Å². The molecule has 3 N–H and O–H groups in total. The van der Waals surface area contributed by atoms with E-state index in [2.05, 4.69) is 15.9 Å². The van der Waals surface area contributed by atoms with Crippen LogP contribution in [-0.2, 0) is 10.0 Å². The predicted octanol–water partition coefficient (Wildman–Crippen LogP) is 0.802. The summed E-state index contributed by atoms with van der Waals surface area (Å²) in [4.78, 5) is -0.0350. The van der Waals surface area contributed by atoms with E-state index < -0.39 is 10.0 Å². The molecule has 0 spiro atoms.